The summed E-state index contributed by atoms with van der Waals surface area (Å²) in [6.07, 6.45) is 3.38. The Bertz CT molecular complexity index is 1030. The van der Waals surface area contributed by atoms with Crippen LogP contribution in [-0.2, 0) is 13.6 Å². The zero-order chi connectivity index (χ0) is 16.7. The van der Waals surface area contributed by atoms with E-state index in [0.29, 0.717) is 22.6 Å². The van der Waals surface area contributed by atoms with Gasteiger partial charge in [0.15, 0.2) is 11.5 Å². The van der Waals surface area contributed by atoms with Crippen molar-refractivity contribution < 1.29 is 4.39 Å². The van der Waals surface area contributed by atoms with Gasteiger partial charge in [0.1, 0.15) is 17.0 Å². The van der Waals surface area contributed by atoms with Crippen LogP contribution in [0.1, 0.15) is 5.56 Å². The van der Waals surface area contributed by atoms with E-state index in [1.54, 1.807) is 23.1 Å². The number of benzene rings is 1. The third kappa shape index (κ3) is 2.26. The van der Waals surface area contributed by atoms with Crippen LogP contribution in [0.15, 0.2) is 42.7 Å². The number of aryl methyl sites for hydroxylation is 1. The van der Waals surface area contributed by atoms with E-state index in [4.69, 9.17) is 5.73 Å². The average Bonchev–Trinajstić information content (AvgIpc) is 3.19. The third-order valence-corrected chi connectivity index (χ3v) is 4.03. The molecule has 0 aliphatic heterocycles. The molecule has 0 radical (unpaired) electrons. The van der Waals surface area contributed by atoms with Crippen molar-refractivity contribution in [3.8, 4) is 22.6 Å². The second kappa shape index (κ2) is 5.54. The zero-order valence-corrected chi connectivity index (χ0v) is 13.0. The van der Waals surface area contributed by atoms with Gasteiger partial charge < -0.3 is 10.7 Å². The predicted octanol–water partition coefficient (Wildman–Crippen LogP) is 2.62. The van der Waals surface area contributed by atoms with Gasteiger partial charge in [0.2, 0.25) is 0 Å². The highest BCUT2D eigenvalue weighted by Crippen LogP contribution is 2.29. The van der Waals surface area contributed by atoms with Crippen LogP contribution in [0, 0.1) is 5.82 Å². The number of imidazole rings is 1. The van der Waals surface area contributed by atoms with Crippen LogP contribution >= 0.6 is 0 Å². The number of aromatic nitrogens is 5. The lowest BCUT2D eigenvalue weighted by molar-refractivity contribution is 0.611. The fraction of sp³-hybridized carbons (Fsp3) is 0.118. The lowest BCUT2D eigenvalue weighted by Crippen LogP contribution is -1.99. The van der Waals surface area contributed by atoms with E-state index in [1.807, 2.05) is 25.2 Å². The lowest BCUT2D eigenvalue weighted by Gasteiger charge is -2.05. The van der Waals surface area contributed by atoms with Crippen LogP contribution in [0.5, 0.6) is 0 Å². The summed E-state index contributed by atoms with van der Waals surface area (Å²) in [4.78, 5) is 12.2. The van der Waals surface area contributed by atoms with Crippen molar-refractivity contribution in [2.45, 2.75) is 6.54 Å². The van der Waals surface area contributed by atoms with E-state index in [9.17, 15) is 4.39 Å². The fourth-order valence-corrected chi connectivity index (χ4v) is 2.75. The number of nitrogens with zero attached hydrogens (tertiary/aromatic N) is 4. The highest BCUT2D eigenvalue weighted by molar-refractivity contribution is 5.91. The van der Waals surface area contributed by atoms with E-state index < -0.39 is 0 Å². The highest BCUT2D eigenvalue weighted by atomic mass is 19.1. The summed E-state index contributed by atoms with van der Waals surface area (Å²) in [6.45, 7) is 0.172. The molecule has 0 saturated carbocycles. The molecule has 0 fully saturated rings. The molecule has 6 nitrogen and oxygen atoms in total. The maximum absolute atomic E-state index is 14.1. The Balaban J connectivity index is 1.89. The van der Waals surface area contributed by atoms with Gasteiger partial charge in [0, 0.05) is 37.1 Å². The van der Waals surface area contributed by atoms with Crippen LogP contribution in [0.4, 0.5) is 4.39 Å². The summed E-state index contributed by atoms with van der Waals surface area (Å²) in [6, 6.07) is 8.72. The van der Waals surface area contributed by atoms with Crippen molar-refractivity contribution >= 4 is 11.2 Å². The Labute approximate surface area is 137 Å². The van der Waals surface area contributed by atoms with Crippen LogP contribution in [-0.4, -0.2) is 24.7 Å². The summed E-state index contributed by atoms with van der Waals surface area (Å²) >= 11 is 0. The quantitative estimate of drug-likeness (QED) is 0.607. The van der Waals surface area contributed by atoms with E-state index in [2.05, 4.69) is 20.1 Å². The SMILES string of the molecule is Cn1nccc1-c1nc2c(-c3ccc(CN)c(F)c3)ccnc2[nH]1. The fourth-order valence-electron chi connectivity index (χ4n) is 2.75. The van der Waals surface area contributed by atoms with Crippen molar-refractivity contribution in [3.63, 3.8) is 0 Å². The minimum Gasteiger partial charge on any atom is -0.326 e. The molecule has 0 amide bonds. The first-order valence-corrected chi connectivity index (χ1v) is 7.49. The number of halogens is 1. The topological polar surface area (TPSA) is 85.4 Å². The van der Waals surface area contributed by atoms with Gasteiger partial charge in [-0.1, -0.05) is 12.1 Å². The molecule has 0 aliphatic carbocycles. The first-order chi connectivity index (χ1) is 11.7. The second-order valence-electron chi connectivity index (χ2n) is 5.49. The Kier molecular flexibility index (Phi) is 3.35. The zero-order valence-electron chi connectivity index (χ0n) is 13.0. The van der Waals surface area contributed by atoms with Crippen molar-refractivity contribution in [2.24, 2.45) is 12.8 Å². The van der Waals surface area contributed by atoms with Crippen LogP contribution in [0.25, 0.3) is 33.8 Å². The van der Waals surface area contributed by atoms with E-state index in [1.165, 1.54) is 6.07 Å². The molecule has 7 heteroatoms. The Morgan fingerprint density at radius 1 is 1.21 bits per heavy atom. The maximum Gasteiger partial charge on any atom is 0.158 e. The van der Waals surface area contributed by atoms with Crippen molar-refractivity contribution in [1.82, 2.24) is 24.7 Å². The first-order valence-electron chi connectivity index (χ1n) is 7.49. The number of aromatic amines is 1. The van der Waals surface area contributed by atoms with Gasteiger partial charge in [-0.3, -0.25) is 4.68 Å². The highest BCUT2D eigenvalue weighted by Gasteiger charge is 2.14. The molecule has 0 spiro atoms. The van der Waals surface area contributed by atoms with Gasteiger partial charge in [-0.15, -0.1) is 0 Å². The van der Waals surface area contributed by atoms with Crippen molar-refractivity contribution in [2.75, 3.05) is 0 Å². The van der Waals surface area contributed by atoms with E-state index >= 15 is 0 Å². The van der Waals surface area contributed by atoms with Gasteiger partial charge in [0.05, 0.1) is 0 Å². The third-order valence-electron chi connectivity index (χ3n) is 4.03. The van der Waals surface area contributed by atoms with Gasteiger partial charge in [-0.05, 0) is 23.8 Å². The largest absolute Gasteiger partial charge is 0.326 e. The minimum absolute atomic E-state index is 0.172. The summed E-state index contributed by atoms with van der Waals surface area (Å²) in [5.41, 5.74) is 9.75. The van der Waals surface area contributed by atoms with Crippen molar-refractivity contribution in [1.29, 1.82) is 0 Å². The lowest BCUT2D eigenvalue weighted by atomic mass is 10.0. The molecule has 0 aliphatic rings. The monoisotopic (exact) mass is 322 g/mol. The van der Waals surface area contributed by atoms with Gasteiger partial charge >= 0.3 is 0 Å². The van der Waals surface area contributed by atoms with Gasteiger partial charge in [-0.2, -0.15) is 5.10 Å². The first kappa shape index (κ1) is 14.5. The number of hydrogen-bond donors (Lipinski definition) is 2. The number of rotatable bonds is 3. The van der Waals surface area contributed by atoms with Crippen LogP contribution in [0.3, 0.4) is 0 Å². The van der Waals surface area contributed by atoms with Crippen LogP contribution < -0.4 is 5.73 Å². The van der Waals surface area contributed by atoms with Crippen molar-refractivity contribution in [3.05, 3.63) is 54.1 Å². The summed E-state index contributed by atoms with van der Waals surface area (Å²) in [7, 11) is 1.85. The number of fused-ring (bicyclic) bond motifs is 1. The normalized spacial score (nSPS) is 11.3. The van der Waals surface area contributed by atoms with Gasteiger partial charge in [0.25, 0.3) is 0 Å². The Hall–Kier alpha value is -3.06. The number of nitrogens with one attached hydrogen (secondary N) is 1. The molecular weight excluding hydrogens is 307 g/mol. The van der Waals surface area contributed by atoms with Gasteiger partial charge in [-0.25, -0.2) is 14.4 Å². The average molecular weight is 322 g/mol. The summed E-state index contributed by atoms with van der Waals surface area (Å²) in [5.74, 6) is 0.353. The summed E-state index contributed by atoms with van der Waals surface area (Å²) in [5, 5.41) is 4.15. The molecule has 24 heavy (non-hydrogen) atoms. The summed E-state index contributed by atoms with van der Waals surface area (Å²) < 4.78 is 15.8. The van der Waals surface area contributed by atoms with E-state index in [-0.39, 0.29) is 12.4 Å². The molecule has 3 N–H and O–H groups in total. The number of hydrogen-bond acceptors (Lipinski definition) is 4. The molecule has 4 rings (SSSR count). The second-order valence-corrected chi connectivity index (χ2v) is 5.49. The standard InChI is InChI=1S/C17H15FN6/c1-24-14(5-7-21-24)16-22-15-12(4-6-20-17(15)23-16)10-2-3-11(9-19)13(18)8-10/h2-8H,9,19H2,1H3,(H,20,22,23). The molecular formula is C17H15FN6. The Morgan fingerprint density at radius 2 is 2.08 bits per heavy atom. The maximum atomic E-state index is 14.1. The molecule has 3 heterocycles. The smallest absolute Gasteiger partial charge is 0.158 e. The van der Waals surface area contributed by atoms with E-state index in [0.717, 1.165) is 16.8 Å². The molecule has 3 aromatic heterocycles. The molecule has 4 aromatic rings. The molecule has 1 aromatic carbocycles. The number of pyridine rings is 1. The number of H-pyrrole nitrogens is 1. The Morgan fingerprint density at radius 3 is 2.79 bits per heavy atom. The molecule has 0 atom stereocenters. The number of nitrogens with two attached hydrogens (primary N) is 1. The molecule has 0 saturated heterocycles. The van der Waals surface area contributed by atoms with Crippen LogP contribution in [0.2, 0.25) is 0 Å². The minimum atomic E-state index is -0.317. The predicted molar refractivity (Wildman–Crippen MR) is 89.4 cm³/mol. The molecule has 0 unspecified atom stereocenters. The molecule has 0 bridgehead atoms. The molecule has 120 valence electrons.